The molecule has 17 heteroatoms. The van der Waals surface area contributed by atoms with Gasteiger partial charge in [-0.3, -0.25) is 18.4 Å². The molecule has 9 rings (SSSR count). The molecule has 15 nitrogen and oxygen atoms in total. The Morgan fingerprint density at radius 3 is 1.64 bits per heavy atom. The van der Waals surface area contributed by atoms with E-state index in [1.165, 1.54) is 13.1 Å². The Hall–Kier alpha value is -7.21. The lowest BCUT2D eigenvalue weighted by Crippen LogP contribution is -2.46. The van der Waals surface area contributed by atoms with E-state index in [-0.39, 0.29) is 36.4 Å². The van der Waals surface area contributed by atoms with Gasteiger partial charge in [0.05, 0.1) is 39.5 Å². The number of nitrogens with one attached hydrogen (secondary N) is 2. The number of aliphatic hydroxyl groups excluding tert-OH is 1. The first-order valence-corrected chi connectivity index (χ1v) is 29.1. The summed E-state index contributed by atoms with van der Waals surface area (Å²) in [6, 6.07) is 65.5. The number of benzene rings is 7. The molecule has 1 saturated heterocycles. The van der Waals surface area contributed by atoms with Gasteiger partial charge in [0, 0.05) is 18.5 Å². The largest absolute Gasteiger partial charge is 0.497 e. The third kappa shape index (κ3) is 13.0. The smallest absolute Gasteiger partial charge is 0.405 e. The fourth-order valence-electron chi connectivity index (χ4n) is 10.0. The molecular weight excluding hydrogens is 1060 g/mol. The summed E-state index contributed by atoms with van der Waals surface area (Å²) < 4.78 is 52.0. The molecule has 5 atom stereocenters. The van der Waals surface area contributed by atoms with Crippen molar-refractivity contribution in [3.05, 3.63) is 262 Å². The van der Waals surface area contributed by atoms with Crippen molar-refractivity contribution in [3.8, 4) is 11.5 Å². The monoisotopic (exact) mass is 1130 g/mol. The predicted octanol–water partition coefficient (Wildman–Crippen LogP) is 10.9. The van der Waals surface area contributed by atoms with Gasteiger partial charge in [0.1, 0.15) is 46.3 Å². The molecule has 0 radical (unpaired) electrons. The van der Waals surface area contributed by atoms with E-state index in [1.807, 2.05) is 214 Å². The van der Waals surface area contributed by atoms with Crippen molar-refractivity contribution in [1.82, 2.24) is 14.6 Å². The van der Waals surface area contributed by atoms with Crippen LogP contribution in [0, 0.1) is 5.41 Å². The number of aliphatic hydroxyl groups is 2. The molecule has 7 aromatic carbocycles. The molecule has 0 amide bonds. The minimum Gasteiger partial charge on any atom is -0.497 e. The van der Waals surface area contributed by atoms with E-state index in [0.29, 0.717) is 11.5 Å². The zero-order valence-corrected chi connectivity index (χ0v) is 47.5. The standard InChI is InChI=1S/C64H67N4O11PS/c1-61(2,45-76-64(50-25-15-8-16-26-50,51-27-17-9-18-28-51)52-29-19-10-20-30-52)59(70)81-42-41-77-80(73,65-43-46-21-11-6-12-22-46)78-44-55-57(69)62(3,72)58(79-55)68-40-39-56(66-60(68)71)67-63(47-23-13-7-14-24-47,48-31-35-53(74-4)36-32-48)49-33-37-54(75-5)38-34-49/h6-40,55,57-58,69,72H,41-45H2,1-5H3,(H,65,73)(H,66,67,71)/t55-,57-,58-,62-,80?/m1/s1. The van der Waals surface area contributed by atoms with E-state index in [0.717, 1.165) is 55.3 Å². The van der Waals surface area contributed by atoms with Crippen molar-refractivity contribution in [2.24, 2.45) is 5.41 Å². The lowest BCUT2D eigenvalue weighted by atomic mass is 9.77. The number of hydrogen-bond acceptors (Lipinski definition) is 14. The molecule has 1 aliphatic rings. The normalized spacial score (nSPS) is 18.2. The Labute approximate surface area is 476 Å². The molecular formula is C64H67N4O11PS. The Kier molecular flexibility index (Phi) is 18.6. The number of rotatable bonds is 25. The zero-order chi connectivity index (χ0) is 57.1. The quantitative estimate of drug-likeness (QED) is 0.0240. The van der Waals surface area contributed by atoms with Crippen molar-refractivity contribution in [2.75, 3.05) is 45.1 Å². The van der Waals surface area contributed by atoms with Crippen molar-refractivity contribution in [3.63, 3.8) is 0 Å². The maximum Gasteiger partial charge on any atom is 0.405 e. The summed E-state index contributed by atoms with van der Waals surface area (Å²) in [4.78, 5) is 32.8. The SMILES string of the molecule is COc1ccc(C(Nc2ccn([C@@H]3O[C@H](COP(=O)(NCc4ccccc4)OCCSC(=O)C(C)(C)COC(c4ccccc4)(c4ccccc4)c4ccccc4)[C@@H](O)[C@@]3(C)O)c(=O)n2)(c2ccccc2)c2ccc(OC)cc2)cc1. The lowest BCUT2D eigenvalue weighted by molar-refractivity contribution is -0.124. The summed E-state index contributed by atoms with van der Waals surface area (Å²) in [6.07, 6.45) is -2.96. The average molecular weight is 1130 g/mol. The first kappa shape index (κ1) is 58.4. The summed E-state index contributed by atoms with van der Waals surface area (Å²) in [5.74, 6) is 1.62. The van der Waals surface area contributed by atoms with E-state index in [2.05, 4.69) is 15.4 Å². The third-order valence-electron chi connectivity index (χ3n) is 14.5. The van der Waals surface area contributed by atoms with Crippen molar-refractivity contribution in [1.29, 1.82) is 0 Å². The van der Waals surface area contributed by atoms with E-state index in [9.17, 15) is 24.4 Å². The fraction of sp³-hybridized carbons (Fsp3) is 0.266. The number of methoxy groups -OCH3 is 2. The van der Waals surface area contributed by atoms with E-state index in [4.69, 9.17) is 28.0 Å². The van der Waals surface area contributed by atoms with Crippen molar-refractivity contribution in [2.45, 2.75) is 62.5 Å². The molecule has 4 N–H and O–H groups in total. The molecule has 0 saturated carbocycles. The van der Waals surface area contributed by atoms with Crippen LogP contribution in [0.5, 0.6) is 11.5 Å². The van der Waals surface area contributed by atoms with Crippen LogP contribution in [0.3, 0.4) is 0 Å². The number of thioether (sulfide) groups is 1. The number of aromatic nitrogens is 2. The molecule has 0 aliphatic carbocycles. The minimum atomic E-state index is -4.23. The van der Waals surface area contributed by atoms with Crippen LogP contribution in [0.1, 0.15) is 65.9 Å². The van der Waals surface area contributed by atoms with Crippen molar-refractivity contribution < 1.29 is 47.6 Å². The van der Waals surface area contributed by atoms with Gasteiger partial charge in [-0.05, 0) is 90.0 Å². The van der Waals surface area contributed by atoms with Crippen LogP contribution in [0.4, 0.5) is 5.82 Å². The van der Waals surface area contributed by atoms with Gasteiger partial charge in [-0.2, -0.15) is 4.98 Å². The van der Waals surface area contributed by atoms with E-state index >= 15 is 0 Å². The van der Waals surface area contributed by atoms with E-state index < -0.39 is 60.6 Å². The van der Waals surface area contributed by atoms with Crippen LogP contribution in [-0.2, 0) is 45.6 Å². The van der Waals surface area contributed by atoms with Gasteiger partial charge in [0.2, 0.25) is 0 Å². The second kappa shape index (κ2) is 25.7. The summed E-state index contributed by atoms with van der Waals surface area (Å²) in [7, 11) is -1.04. The van der Waals surface area contributed by atoms with Gasteiger partial charge in [0.15, 0.2) is 11.3 Å². The lowest BCUT2D eigenvalue weighted by Gasteiger charge is -2.38. The van der Waals surface area contributed by atoms with Gasteiger partial charge in [-0.15, -0.1) is 0 Å². The van der Waals surface area contributed by atoms with Crippen LogP contribution in [0.25, 0.3) is 0 Å². The molecule has 1 unspecified atom stereocenters. The molecule has 8 aromatic rings. The molecule has 420 valence electrons. The highest BCUT2D eigenvalue weighted by atomic mass is 32.2. The molecule has 0 spiro atoms. The van der Waals surface area contributed by atoms with Crippen LogP contribution in [0.15, 0.2) is 217 Å². The molecule has 0 bridgehead atoms. The Morgan fingerprint density at radius 2 is 1.16 bits per heavy atom. The highest BCUT2D eigenvalue weighted by Gasteiger charge is 2.54. The minimum absolute atomic E-state index is 0.0560. The number of carbonyl (C=O) groups excluding carboxylic acids is 1. The molecule has 1 fully saturated rings. The van der Waals surface area contributed by atoms with Crippen LogP contribution in [-0.4, -0.2) is 82.5 Å². The number of anilines is 1. The number of ether oxygens (including phenoxy) is 4. The first-order valence-electron chi connectivity index (χ1n) is 26.6. The van der Waals surface area contributed by atoms with Crippen LogP contribution >= 0.6 is 19.5 Å². The molecule has 1 aliphatic heterocycles. The summed E-state index contributed by atoms with van der Waals surface area (Å²) in [5, 5.41) is 29.8. The van der Waals surface area contributed by atoms with Gasteiger partial charge in [0.25, 0.3) is 0 Å². The molecule has 1 aromatic heterocycles. The maximum absolute atomic E-state index is 14.6. The second-order valence-corrected chi connectivity index (χ2v) is 23.3. The summed E-state index contributed by atoms with van der Waals surface area (Å²) in [6.45, 7) is 4.44. The van der Waals surface area contributed by atoms with Crippen LogP contribution < -0.4 is 25.6 Å². The Morgan fingerprint density at radius 1 is 0.691 bits per heavy atom. The van der Waals surface area contributed by atoms with Crippen molar-refractivity contribution >= 4 is 30.4 Å². The highest BCUT2D eigenvalue weighted by Crippen LogP contribution is 2.48. The van der Waals surface area contributed by atoms with Gasteiger partial charge >= 0.3 is 13.4 Å². The Balaban J connectivity index is 0.894. The summed E-state index contributed by atoms with van der Waals surface area (Å²) >= 11 is 1.02. The van der Waals surface area contributed by atoms with Gasteiger partial charge in [-0.25, -0.2) is 14.4 Å². The number of hydrogen-bond donors (Lipinski definition) is 4. The highest BCUT2D eigenvalue weighted by molar-refractivity contribution is 8.13. The second-order valence-electron chi connectivity index (χ2n) is 20.4. The van der Waals surface area contributed by atoms with Gasteiger partial charge in [-0.1, -0.05) is 188 Å². The third-order valence-corrected chi connectivity index (χ3v) is 17.2. The zero-order valence-electron chi connectivity index (χ0n) is 45.8. The number of carbonyl (C=O) groups is 1. The topological polar surface area (TPSA) is 189 Å². The predicted molar refractivity (Wildman–Crippen MR) is 314 cm³/mol. The molecule has 2 heterocycles. The van der Waals surface area contributed by atoms with Gasteiger partial charge < -0.3 is 34.5 Å². The maximum atomic E-state index is 14.6. The first-order chi connectivity index (χ1) is 39.1. The Bertz CT molecular complexity index is 3270. The number of nitrogens with zero attached hydrogens (tertiary/aromatic N) is 2. The average Bonchev–Trinajstić information content (AvgIpc) is 3.84. The summed E-state index contributed by atoms with van der Waals surface area (Å²) in [5.41, 5.74) is -0.0137. The molecule has 81 heavy (non-hydrogen) atoms. The van der Waals surface area contributed by atoms with Crippen LogP contribution in [0.2, 0.25) is 0 Å². The van der Waals surface area contributed by atoms with E-state index in [1.54, 1.807) is 20.3 Å². The fourth-order valence-corrected chi connectivity index (χ4v) is 12.2.